The minimum atomic E-state index is -0.522. The van der Waals surface area contributed by atoms with Crippen molar-refractivity contribution in [2.24, 2.45) is 0 Å². The fourth-order valence-electron chi connectivity index (χ4n) is 2.57. The fourth-order valence-corrected chi connectivity index (χ4v) is 2.57. The van der Waals surface area contributed by atoms with Crippen molar-refractivity contribution < 1.29 is 13.9 Å². The number of fused-ring (bicyclic) bond motifs is 1. The van der Waals surface area contributed by atoms with Crippen LogP contribution >= 0.6 is 0 Å². The van der Waals surface area contributed by atoms with Crippen LogP contribution in [0, 0.1) is 11.3 Å². The second-order valence-electron chi connectivity index (χ2n) is 5.17. The summed E-state index contributed by atoms with van der Waals surface area (Å²) in [7, 11) is 0. The zero-order valence-corrected chi connectivity index (χ0v) is 12.1. The second kappa shape index (κ2) is 6.35. The maximum atomic E-state index is 12.7. The Morgan fingerprint density at radius 3 is 2.91 bits per heavy atom. The number of furan rings is 1. The van der Waals surface area contributed by atoms with E-state index in [4.69, 9.17) is 14.4 Å². The van der Waals surface area contributed by atoms with E-state index in [-0.39, 0.29) is 12.3 Å². The summed E-state index contributed by atoms with van der Waals surface area (Å²) in [5, 5.41) is 8.79. The molecule has 22 heavy (non-hydrogen) atoms. The Kier molecular flexibility index (Phi) is 4.10. The lowest BCUT2D eigenvalue weighted by Gasteiger charge is -2.23. The van der Waals surface area contributed by atoms with Gasteiger partial charge >= 0.3 is 0 Å². The molecular formula is C17H16N2O3. The molecule has 0 N–H and O–H groups in total. The van der Waals surface area contributed by atoms with Gasteiger partial charge in [0.1, 0.15) is 11.5 Å². The van der Waals surface area contributed by atoms with Crippen LogP contribution in [-0.2, 0) is 17.8 Å². The van der Waals surface area contributed by atoms with Crippen LogP contribution in [0.5, 0.6) is 5.75 Å². The molecule has 0 spiro atoms. The molecule has 0 unspecified atom stereocenters. The highest BCUT2D eigenvalue weighted by Crippen LogP contribution is 2.29. The number of nitrogens with zero attached hydrogens (tertiary/aromatic N) is 2. The largest absolute Gasteiger partial charge is 0.480 e. The van der Waals surface area contributed by atoms with E-state index >= 15 is 0 Å². The monoisotopic (exact) mass is 296 g/mol. The third-order valence-electron chi connectivity index (χ3n) is 3.65. The summed E-state index contributed by atoms with van der Waals surface area (Å²) in [5.41, 5.74) is 1.04. The molecule has 112 valence electrons. The molecule has 0 radical (unpaired) electrons. The first-order valence-corrected chi connectivity index (χ1v) is 7.20. The van der Waals surface area contributed by atoms with E-state index in [0.717, 1.165) is 11.3 Å². The van der Waals surface area contributed by atoms with Crippen molar-refractivity contribution in [3.8, 4) is 11.8 Å². The molecule has 1 aromatic carbocycles. The van der Waals surface area contributed by atoms with E-state index < -0.39 is 6.10 Å². The van der Waals surface area contributed by atoms with E-state index in [0.29, 0.717) is 25.3 Å². The van der Waals surface area contributed by atoms with Crippen molar-refractivity contribution in [2.45, 2.75) is 25.5 Å². The van der Waals surface area contributed by atoms with Gasteiger partial charge in [-0.25, -0.2) is 0 Å². The molecule has 5 heteroatoms. The first-order chi connectivity index (χ1) is 10.8. The van der Waals surface area contributed by atoms with Crippen molar-refractivity contribution >= 4 is 5.91 Å². The highest BCUT2D eigenvalue weighted by Gasteiger charge is 2.32. The van der Waals surface area contributed by atoms with Gasteiger partial charge in [0.25, 0.3) is 5.91 Å². The molecule has 1 atom stereocenters. The number of carbonyl (C=O) groups is 1. The average molecular weight is 296 g/mol. The molecule has 1 aliphatic rings. The van der Waals surface area contributed by atoms with Crippen LogP contribution in [0.2, 0.25) is 0 Å². The lowest BCUT2D eigenvalue weighted by atomic mass is 10.1. The van der Waals surface area contributed by atoms with Gasteiger partial charge in [0.2, 0.25) is 0 Å². The number of rotatable bonds is 5. The summed E-state index contributed by atoms with van der Waals surface area (Å²) in [6, 6.07) is 13.3. The van der Waals surface area contributed by atoms with Crippen LogP contribution < -0.4 is 4.74 Å². The van der Waals surface area contributed by atoms with Crippen LogP contribution in [0.1, 0.15) is 17.7 Å². The summed E-state index contributed by atoms with van der Waals surface area (Å²) in [6.45, 7) is 0.718. The van der Waals surface area contributed by atoms with Gasteiger partial charge in [0, 0.05) is 13.0 Å². The summed E-state index contributed by atoms with van der Waals surface area (Å²) < 4.78 is 11.0. The third kappa shape index (κ3) is 2.96. The number of ether oxygens (including phenoxy) is 1. The molecule has 0 fully saturated rings. The highest BCUT2D eigenvalue weighted by molar-refractivity contribution is 5.82. The molecule has 2 heterocycles. The van der Waals surface area contributed by atoms with Crippen molar-refractivity contribution in [3.05, 3.63) is 54.0 Å². The molecule has 2 aromatic rings. The molecular weight excluding hydrogens is 280 g/mol. The number of benzene rings is 1. The molecule has 3 rings (SSSR count). The van der Waals surface area contributed by atoms with Gasteiger partial charge in [0.05, 0.1) is 25.3 Å². The van der Waals surface area contributed by atoms with Crippen LogP contribution in [0.4, 0.5) is 0 Å². The van der Waals surface area contributed by atoms with Gasteiger partial charge in [-0.2, -0.15) is 5.26 Å². The summed E-state index contributed by atoms with van der Waals surface area (Å²) in [4.78, 5) is 14.3. The Balaban J connectivity index is 1.71. The van der Waals surface area contributed by atoms with Crippen molar-refractivity contribution in [1.29, 1.82) is 5.26 Å². The molecule has 0 saturated carbocycles. The maximum absolute atomic E-state index is 12.7. The summed E-state index contributed by atoms with van der Waals surface area (Å²) >= 11 is 0. The number of amides is 1. The first-order valence-electron chi connectivity index (χ1n) is 7.20. The summed E-state index contributed by atoms with van der Waals surface area (Å²) in [6.07, 6.45) is 1.90. The van der Waals surface area contributed by atoms with Crippen LogP contribution in [-0.4, -0.2) is 23.5 Å². The molecule has 1 amide bonds. The molecule has 0 saturated heterocycles. The number of carbonyl (C=O) groups excluding carboxylic acids is 1. The minimum Gasteiger partial charge on any atom is -0.480 e. The molecule has 1 aromatic heterocycles. The van der Waals surface area contributed by atoms with E-state index in [1.807, 2.05) is 30.3 Å². The highest BCUT2D eigenvalue weighted by atomic mass is 16.5. The van der Waals surface area contributed by atoms with Gasteiger partial charge in [-0.1, -0.05) is 18.2 Å². The number of nitriles is 1. The van der Waals surface area contributed by atoms with E-state index in [1.54, 1.807) is 17.2 Å². The topological polar surface area (TPSA) is 66.5 Å². The summed E-state index contributed by atoms with van der Waals surface area (Å²) in [5.74, 6) is 1.35. The second-order valence-corrected chi connectivity index (χ2v) is 5.17. The third-order valence-corrected chi connectivity index (χ3v) is 3.65. The zero-order chi connectivity index (χ0) is 15.4. The SMILES string of the molecule is N#CCCN(Cc1ccco1)C(=O)[C@@H]1Cc2ccccc2O1. The van der Waals surface area contributed by atoms with E-state index in [2.05, 4.69) is 6.07 Å². The van der Waals surface area contributed by atoms with Crippen LogP contribution in [0.15, 0.2) is 47.1 Å². The van der Waals surface area contributed by atoms with E-state index in [9.17, 15) is 4.79 Å². The Hall–Kier alpha value is -2.74. The van der Waals surface area contributed by atoms with Gasteiger partial charge < -0.3 is 14.1 Å². The molecule has 0 bridgehead atoms. The predicted molar refractivity (Wildman–Crippen MR) is 78.9 cm³/mol. The van der Waals surface area contributed by atoms with Crippen molar-refractivity contribution in [2.75, 3.05) is 6.54 Å². The molecule has 5 nitrogen and oxygen atoms in total. The minimum absolute atomic E-state index is 0.108. The lowest BCUT2D eigenvalue weighted by molar-refractivity contribution is -0.138. The maximum Gasteiger partial charge on any atom is 0.264 e. The Bertz CT molecular complexity index is 663. The van der Waals surface area contributed by atoms with E-state index in [1.165, 1.54) is 0 Å². The standard InChI is InChI=1S/C17H16N2O3/c18-8-4-9-19(12-14-6-3-10-21-14)17(20)16-11-13-5-1-2-7-15(13)22-16/h1-3,5-7,10,16H,4,9,11-12H2/t16-/m0/s1. The van der Waals surface area contributed by atoms with Crippen LogP contribution in [0.3, 0.4) is 0 Å². The van der Waals surface area contributed by atoms with Crippen molar-refractivity contribution in [3.63, 3.8) is 0 Å². The molecule has 1 aliphatic heterocycles. The van der Waals surface area contributed by atoms with Crippen molar-refractivity contribution in [1.82, 2.24) is 4.90 Å². The quantitative estimate of drug-likeness (QED) is 0.850. The van der Waals surface area contributed by atoms with Gasteiger partial charge in [-0.15, -0.1) is 0 Å². The Labute approximate surface area is 128 Å². The lowest BCUT2D eigenvalue weighted by Crippen LogP contribution is -2.41. The number of hydrogen-bond donors (Lipinski definition) is 0. The van der Waals surface area contributed by atoms with Gasteiger partial charge in [-0.3, -0.25) is 4.79 Å². The Morgan fingerprint density at radius 1 is 1.32 bits per heavy atom. The predicted octanol–water partition coefficient (Wildman–Crippen LogP) is 2.53. The zero-order valence-electron chi connectivity index (χ0n) is 12.1. The normalized spacial score (nSPS) is 15.7. The Morgan fingerprint density at radius 2 is 2.18 bits per heavy atom. The first kappa shape index (κ1) is 14.2. The van der Waals surface area contributed by atoms with Gasteiger partial charge in [0.15, 0.2) is 6.10 Å². The van der Waals surface area contributed by atoms with Crippen LogP contribution in [0.25, 0.3) is 0 Å². The fraction of sp³-hybridized carbons (Fsp3) is 0.294. The van der Waals surface area contributed by atoms with Gasteiger partial charge in [-0.05, 0) is 23.8 Å². The smallest absolute Gasteiger partial charge is 0.264 e. The number of hydrogen-bond acceptors (Lipinski definition) is 4. The average Bonchev–Trinajstić information content (AvgIpc) is 3.19. The number of para-hydroxylation sites is 1. The molecule has 0 aliphatic carbocycles.